The first-order chi connectivity index (χ1) is 9.77. The second-order valence-electron chi connectivity index (χ2n) is 5.03. The minimum absolute atomic E-state index is 0.0841. The van der Waals surface area contributed by atoms with Crippen molar-refractivity contribution in [2.24, 2.45) is 0 Å². The molecule has 2 aromatic rings. The fourth-order valence-corrected chi connectivity index (χ4v) is 4.58. The van der Waals surface area contributed by atoms with Crippen molar-refractivity contribution in [3.63, 3.8) is 0 Å². The van der Waals surface area contributed by atoms with E-state index >= 15 is 0 Å². The largest absolute Gasteiger partial charge is 0.399 e. The van der Waals surface area contributed by atoms with Gasteiger partial charge in [0, 0.05) is 10.6 Å². The Bertz CT molecular complexity index is 738. The number of thiazole rings is 1. The van der Waals surface area contributed by atoms with Gasteiger partial charge in [-0.1, -0.05) is 12.1 Å². The van der Waals surface area contributed by atoms with E-state index in [1.165, 1.54) is 11.3 Å². The van der Waals surface area contributed by atoms with E-state index in [4.69, 9.17) is 5.73 Å². The maximum Gasteiger partial charge on any atom is 0.216 e. The van der Waals surface area contributed by atoms with Gasteiger partial charge in [-0.15, -0.1) is 11.3 Å². The van der Waals surface area contributed by atoms with Gasteiger partial charge < -0.3 is 5.73 Å². The zero-order valence-corrected chi connectivity index (χ0v) is 13.9. The maximum atomic E-state index is 12.2. The van der Waals surface area contributed by atoms with Crippen molar-refractivity contribution in [3.05, 3.63) is 45.4 Å². The molecule has 0 saturated heterocycles. The Kier molecular flexibility index (Phi) is 4.65. The standard InChI is InChI=1S/C14H19N3O2S2/c1-9-14(20-11(3)16-9)10(2)17-21(18,19)8-12-5-4-6-13(15)7-12/h4-7,10,17H,8,15H2,1-3H3. The highest BCUT2D eigenvalue weighted by molar-refractivity contribution is 7.88. The number of hydrogen-bond acceptors (Lipinski definition) is 5. The Morgan fingerprint density at radius 1 is 1.38 bits per heavy atom. The van der Waals surface area contributed by atoms with E-state index < -0.39 is 10.0 Å². The van der Waals surface area contributed by atoms with Crippen LogP contribution in [0.3, 0.4) is 0 Å². The number of nitrogens with one attached hydrogen (secondary N) is 1. The van der Waals surface area contributed by atoms with Crippen molar-refractivity contribution < 1.29 is 8.42 Å². The van der Waals surface area contributed by atoms with Gasteiger partial charge in [0.1, 0.15) is 0 Å². The van der Waals surface area contributed by atoms with Crippen molar-refractivity contribution in [1.82, 2.24) is 9.71 Å². The lowest BCUT2D eigenvalue weighted by atomic mass is 10.2. The van der Waals surface area contributed by atoms with E-state index in [0.29, 0.717) is 11.3 Å². The van der Waals surface area contributed by atoms with Gasteiger partial charge in [-0.05, 0) is 38.5 Å². The summed E-state index contributed by atoms with van der Waals surface area (Å²) in [6.45, 7) is 5.63. The Labute approximate surface area is 129 Å². The molecule has 0 fully saturated rings. The van der Waals surface area contributed by atoms with Gasteiger partial charge in [0.2, 0.25) is 10.0 Å². The maximum absolute atomic E-state index is 12.2. The van der Waals surface area contributed by atoms with Crippen LogP contribution >= 0.6 is 11.3 Å². The van der Waals surface area contributed by atoms with E-state index in [9.17, 15) is 8.42 Å². The smallest absolute Gasteiger partial charge is 0.216 e. The number of hydrogen-bond donors (Lipinski definition) is 2. The minimum Gasteiger partial charge on any atom is -0.399 e. The lowest BCUT2D eigenvalue weighted by Crippen LogP contribution is -2.28. The lowest BCUT2D eigenvalue weighted by Gasteiger charge is -2.13. The predicted molar refractivity (Wildman–Crippen MR) is 86.6 cm³/mol. The molecule has 0 saturated carbocycles. The molecule has 1 atom stereocenters. The Morgan fingerprint density at radius 3 is 2.67 bits per heavy atom. The van der Waals surface area contributed by atoms with Crippen LogP contribution in [0.5, 0.6) is 0 Å². The van der Waals surface area contributed by atoms with E-state index in [-0.39, 0.29) is 11.8 Å². The molecular formula is C14H19N3O2S2. The molecule has 2 rings (SSSR count). The highest BCUT2D eigenvalue weighted by Gasteiger charge is 2.20. The number of anilines is 1. The molecule has 114 valence electrons. The molecule has 1 aromatic heterocycles. The number of nitrogens with two attached hydrogens (primary N) is 1. The van der Waals surface area contributed by atoms with Crippen molar-refractivity contribution >= 4 is 27.0 Å². The average Bonchev–Trinajstić information content (AvgIpc) is 2.67. The van der Waals surface area contributed by atoms with E-state index in [0.717, 1.165) is 15.6 Å². The van der Waals surface area contributed by atoms with Crippen LogP contribution in [-0.4, -0.2) is 13.4 Å². The normalized spacial score (nSPS) is 13.3. The fourth-order valence-electron chi connectivity index (χ4n) is 2.22. The SMILES string of the molecule is Cc1nc(C)c(C(C)NS(=O)(=O)Cc2cccc(N)c2)s1. The molecular weight excluding hydrogens is 306 g/mol. The van der Waals surface area contributed by atoms with Crippen molar-refractivity contribution in [1.29, 1.82) is 0 Å². The summed E-state index contributed by atoms with van der Waals surface area (Å²) >= 11 is 1.51. The van der Waals surface area contributed by atoms with Gasteiger partial charge in [0.05, 0.1) is 22.5 Å². The van der Waals surface area contributed by atoms with Crippen LogP contribution < -0.4 is 10.5 Å². The van der Waals surface area contributed by atoms with E-state index in [1.54, 1.807) is 24.3 Å². The van der Waals surface area contributed by atoms with Gasteiger partial charge in [-0.3, -0.25) is 0 Å². The third kappa shape index (κ3) is 4.26. The van der Waals surface area contributed by atoms with Crippen LogP contribution in [0.4, 0.5) is 5.69 Å². The van der Waals surface area contributed by atoms with Crippen LogP contribution in [0.2, 0.25) is 0 Å². The zero-order valence-electron chi connectivity index (χ0n) is 12.3. The number of sulfonamides is 1. The summed E-state index contributed by atoms with van der Waals surface area (Å²) in [5.41, 5.74) is 7.78. The summed E-state index contributed by atoms with van der Waals surface area (Å²) in [7, 11) is -3.43. The molecule has 5 nitrogen and oxygen atoms in total. The molecule has 0 amide bonds. The highest BCUT2D eigenvalue weighted by Crippen LogP contribution is 2.25. The second kappa shape index (κ2) is 6.13. The van der Waals surface area contributed by atoms with Gasteiger partial charge in [-0.25, -0.2) is 18.1 Å². The Hall–Kier alpha value is -1.44. The topological polar surface area (TPSA) is 85.1 Å². The Balaban J connectivity index is 2.12. The molecule has 0 spiro atoms. The molecule has 1 heterocycles. The number of nitrogen functional groups attached to an aromatic ring is 1. The monoisotopic (exact) mass is 325 g/mol. The van der Waals surface area contributed by atoms with Crippen LogP contribution in [0.15, 0.2) is 24.3 Å². The molecule has 7 heteroatoms. The van der Waals surface area contributed by atoms with E-state index in [1.807, 2.05) is 20.8 Å². The van der Waals surface area contributed by atoms with Crippen molar-refractivity contribution in [3.8, 4) is 0 Å². The second-order valence-corrected chi connectivity index (χ2v) is 8.01. The predicted octanol–water partition coefficient (Wildman–Crippen LogP) is 2.52. The molecule has 0 radical (unpaired) electrons. The van der Waals surface area contributed by atoms with Gasteiger partial charge in [0.25, 0.3) is 0 Å². The molecule has 1 unspecified atom stereocenters. The molecule has 0 bridgehead atoms. The van der Waals surface area contributed by atoms with Crippen LogP contribution in [0, 0.1) is 13.8 Å². The summed E-state index contributed by atoms with van der Waals surface area (Å²) in [5.74, 6) is -0.0841. The lowest BCUT2D eigenvalue weighted by molar-refractivity contribution is 0.567. The van der Waals surface area contributed by atoms with Crippen molar-refractivity contribution in [2.45, 2.75) is 32.6 Å². The minimum atomic E-state index is -3.43. The van der Waals surface area contributed by atoms with Gasteiger partial charge in [0.15, 0.2) is 0 Å². The number of rotatable bonds is 5. The van der Waals surface area contributed by atoms with Gasteiger partial charge in [-0.2, -0.15) is 0 Å². The quantitative estimate of drug-likeness (QED) is 0.827. The summed E-state index contributed by atoms with van der Waals surface area (Å²) in [6.07, 6.45) is 0. The zero-order chi connectivity index (χ0) is 15.6. The summed E-state index contributed by atoms with van der Waals surface area (Å²) in [5, 5.41) is 0.935. The van der Waals surface area contributed by atoms with Crippen LogP contribution in [0.1, 0.15) is 34.1 Å². The molecule has 21 heavy (non-hydrogen) atoms. The number of aromatic nitrogens is 1. The summed E-state index contributed by atoms with van der Waals surface area (Å²) in [4.78, 5) is 5.27. The van der Waals surface area contributed by atoms with Gasteiger partial charge >= 0.3 is 0 Å². The first-order valence-electron chi connectivity index (χ1n) is 6.55. The Morgan fingerprint density at radius 2 is 2.10 bits per heavy atom. The summed E-state index contributed by atoms with van der Waals surface area (Å²) in [6, 6.07) is 6.62. The third-order valence-corrected chi connectivity index (χ3v) is 5.68. The number of benzene rings is 1. The first kappa shape index (κ1) is 15.9. The molecule has 1 aromatic carbocycles. The third-order valence-electron chi connectivity index (χ3n) is 3.00. The molecule has 0 aliphatic heterocycles. The molecule has 3 N–H and O–H groups in total. The van der Waals surface area contributed by atoms with Crippen LogP contribution in [0.25, 0.3) is 0 Å². The molecule has 0 aliphatic rings. The fraction of sp³-hybridized carbons (Fsp3) is 0.357. The number of aryl methyl sites for hydroxylation is 2. The number of nitrogens with zero attached hydrogens (tertiary/aromatic N) is 1. The van der Waals surface area contributed by atoms with Crippen LogP contribution in [-0.2, 0) is 15.8 Å². The average molecular weight is 325 g/mol. The van der Waals surface area contributed by atoms with E-state index in [2.05, 4.69) is 9.71 Å². The van der Waals surface area contributed by atoms with Crippen molar-refractivity contribution in [2.75, 3.05) is 5.73 Å². The first-order valence-corrected chi connectivity index (χ1v) is 9.02. The summed E-state index contributed by atoms with van der Waals surface area (Å²) < 4.78 is 27.2. The highest BCUT2D eigenvalue weighted by atomic mass is 32.2. The molecule has 0 aliphatic carbocycles.